The van der Waals surface area contributed by atoms with Gasteiger partial charge in [0.05, 0.1) is 6.61 Å². The molecule has 0 aliphatic heterocycles. The first kappa shape index (κ1) is 9.74. The topological polar surface area (TPSA) is 25.2 Å². The van der Waals surface area contributed by atoms with Crippen molar-refractivity contribution in [2.45, 2.75) is 20.1 Å². The Labute approximate surface area is 91.3 Å². The van der Waals surface area contributed by atoms with Gasteiger partial charge < -0.3 is 9.67 Å². The number of nitrogens with zero attached hydrogens (tertiary/aromatic N) is 1. The molecule has 0 radical (unpaired) electrons. The van der Waals surface area contributed by atoms with Crippen LogP contribution in [0.2, 0.25) is 0 Å². The number of aliphatic hydroxyl groups is 1. The minimum atomic E-state index is 0.0974. The van der Waals surface area contributed by atoms with Crippen LogP contribution in [0, 0.1) is 0 Å². The molecule has 3 heteroatoms. The van der Waals surface area contributed by atoms with Crippen LogP contribution in [-0.4, -0.2) is 9.67 Å². The van der Waals surface area contributed by atoms with Gasteiger partial charge in [-0.05, 0) is 31.2 Å². The number of aryl methyl sites for hydroxylation is 1. The molecular formula is C11H12BrNO. The fourth-order valence-corrected chi connectivity index (χ4v) is 2.18. The first-order valence-electron chi connectivity index (χ1n) is 4.64. The lowest BCUT2D eigenvalue weighted by molar-refractivity contribution is 0.272. The summed E-state index contributed by atoms with van der Waals surface area (Å²) in [6.45, 7) is 3.07. The summed E-state index contributed by atoms with van der Waals surface area (Å²) in [5, 5.41) is 10.4. The second kappa shape index (κ2) is 3.75. The molecule has 0 atom stereocenters. The summed E-state index contributed by atoms with van der Waals surface area (Å²) in [7, 11) is 0. The summed E-state index contributed by atoms with van der Waals surface area (Å²) in [6, 6.07) is 8.20. The number of aliphatic hydroxyl groups excluding tert-OH is 1. The maximum atomic E-state index is 9.19. The lowest BCUT2D eigenvalue weighted by Crippen LogP contribution is -1.99. The van der Waals surface area contributed by atoms with Crippen LogP contribution < -0.4 is 0 Å². The van der Waals surface area contributed by atoms with E-state index in [4.69, 9.17) is 0 Å². The minimum absolute atomic E-state index is 0.0974. The highest BCUT2D eigenvalue weighted by Gasteiger charge is 2.06. The van der Waals surface area contributed by atoms with Gasteiger partial charge in [-0.3, -0.25) is 0 Å². The zero-order chi connectivity index (χ0) is 10.1. The predicted molar refractivity (Wildman–Crippen MR) is 61.2 cm³/mol. The molecule has 1 aromatic heterocycles. The number of hydrogen-bond donors (Lipinski definition) is 1. The van der Waals surface area contributed by atoms with Crippen LogP contribution >= 0.6 is 15.9 Å². The molecule has 2 aromatic rings. The number of rotatable bonds is 2. The van der Waals surface area contributed by atoms with E-state index in [0.717, 1.165) is 16.7 Å². The monoisotopic (exact) mass is 253 g/mol. The molecule has 0 saturated carbocycles. The highest BCUT2D eigenvalue weighted by atomic mass is 79.9. The molecule has 2 rings (SSSR count). The van der Waals surface area contributed by atoms with Crippen LogP contribution in [0.25, 0.3) is 10.9 Å². The molecule has 14 heavy (non-hydrogen) atoms. The van der Waals surface area contributed by atoms with Crippen molar-refractivity contribution in [2.75, 3.05) is 0 Å². The first-order chi connectivity index (χ1) is 6.76. The Bertz CT molecular complexity index is 462. The Balaban J connectivity index is 2.73. The van der Waals surface area contributed by atoms with E-state index in [2.05, 4.69) is 39.6 Å². The standard InChI is InChI=1S/C11H12BrNO/c1-2-13-10(7-14)6-8-5-9(12)3-4-11(8)13/h3-6,14H,2,7H2,1H3. The Hall–Kier alpha value is -0.800. The largest absolute Gasteiger partial charge is 0.390 e. The SMILES string of the molecule is CCn1c(CO)cc2cc(Br)ccc21. The lowest BCUT2D eigenvalue weighted by Gasteiger charge is -2.04. The van der Waals surface area contributed by atoms with Crippen molar-refractivity contribution >= 4 is 26.8 Å². The third kappa shape index (κ3) is 1.47. The van der Waals surface area contributed by atoms with Crippen molar-refractivity contribution < 1.29 is 5.11 Å². The van der Waals surface area contributed by atoms with Gasteiger partial charge in [-0.15, -0.1) is 0 Å². The van der Waals surface area contributed by atoms with Crippen molar-refractivity contribution in [1.82, 2.24) is 4.57 Å². The molecule has 0 unspecified atom stereocenters. The summed E-state index contributed by atoms with van der Waals surface area (Å²) in [5.41, 5.74) is 2.15. The Morgan fingerprint density at radius 1 is 1.36 bits per heavy atom. The van der Waals surface area contributed by atoms with E-state index in [1.54, 1.807) is 0 Å². The summed E-state index contributed by atoms with van der Waals surface area (Å²) in [6.07, 6.45) is 0. The van der Waals surface area contributed by atoms with Crippen LogP contribution in [0.3, 0.4) is 0 Å². The van der Waals surface area contributed by atoms with Crippen LogP contribution in [0.15, 0.2) is 28.7 Å². The van der Waals surface area contributed by atoms with Gasteiger partial charge in [-0.2, -0.15) is 0 Å². The summed E-state index contributed by atoms with van der Waals surface area (Å²) < 4.78 is 3.20. The Morgan fingerprint density at radius 2 is 2.14 bits per heavy atom. The smallest absolute Gasteiger partial charge is 0.0833 e. The van der Waals surface area contributed by atoms with E-state index in [1.807, 2.05) is 12.1 Å². The fraction of sp³-hybridized carbons (Fsp3) is 0.273. The molecule has 1 aromatic carbocycles. The second-order valence-corrected chi connectivity index (χ2v) is 4.16. The average molecular weight is 254 g/mol. The molecule has 0 saturated heterocycles. The van der Waals surface area contributed by atoms with Crippen molar-refractivity contribution in [3.05, 3.63) is 34.4 Å². The quantitative estimate of drug-likeness (QED) is 0.875. The zero-order valence-corrected chi connectivity index (χ0v) is 9.58. The van der Waals surface area contributed by atoms with Gasteiger partial charge >= 0.3 is 0 Å². The molecule has 0 aliphatic rings. The number of fused-ring (bicyclic) bond motifs is 1. The van der Waals surface area contributed by atoms with E-state index in [1.165, 1.54) is 10.9 Å². The van der Waals surface area contributed by atoms with Gasteiger partial charge in [0, 0.05) is 27.6 Å². The number of halogens is 1. The number of hydrogen-bond acceptors (Lipinski definition) is 1. The minimum Gasteiger partial charge on any atom is -0.390 e. The molecular weight excluding hydrogens is 242 g/mol. The molecule has 1 N–H and O–H groups in total. The van der Waals surface area contributed by atoms with Gasteiger partial charge in [-0.1, -0.05) is 15.9 Å². The van der Waals surface area contributed by atoms with Crippen LogP contribution in [0.4, 0.5) is 0 Å². The second-order valence-electron chi connectivity index (χ2n) is 3.24. The Morgan fingerprint density at radius 3 is 2.79 bits per heavy atom. The number of aromatic nitrogens is 1. The average Bonchev–Trinajstić information content (AvgIpc) is 2.54. The van der Waals surface area contributed by atoms with E-state index >= 15 is 0 Å². The molecule has 0 aliphatic carbocycles. The van der Waals surface area contributed by atoms with E-state index < -0.39 is 0 Å². The van der Waals surface area contributed by atoms with Crippen LogP contribution in [-0.2, 0) is 13.2 Å². The Kier molecular flexibility index (Phi) is 2.61. The van der Waals surface area contributed by atoms with Crippen molar-refractivity contribution in [3.63, 3.8) is 0 Å². The number of benzene rings is 1. The molecule has 0 fully saturated rings. The van der Waals surface area contributed by atoms with Crippen molar-refractivity contribution in [1.29, 1.82) is 0 Å². The molecule has 2 nitrogen and oxygen atoms in total. The highest BCUT2D eigenvalue weighted by molar-refractivity contribution is 9.10. The molecule has 0 amide bonds. The summed E-state index contributed by atoms with van der Waals surface area (Å²) >= 11 is 3.44. The summed E-state index contributed by atoms with van der Waals surface area (Å²) in [4.78, 5) is 0. The first-order valence-corrected chi connectivity index (χ1v) is 5.44. The maximum Gasteiger partial charge on any atom is 0.0833 e. The fourth-order valence-electron chi connectivity index (χ4n) is 1.80. The highest BCUT2D eigenvalue weighted by Crippen LogP contribution is 2.23. The summed E-state index contributed by atoms with van der Waals surface area (Å²) in [5.74, 6) is 0. The van der Waals surface area contributed by atoms with E-state index in [0.29, 0.717) is 0 Å². The van der Waals surface area contributed by atoms with E-state index in [9.17, 15) is 5.11 Å². The van der Waals surface area contributed by atoms with Gasteiger partial charge in [0.25, 0.3) is 0 Å². The van der Waals surface area contributed by atoms with Gasteiger partial charge in [-0.25, -0.2) is 0 Å². The molecule has 0 spiro atoms. The van der Waals surface area contributed by atoms with Crippen molar-refractivity contribution in [3.8, 4) is 0 Å². The predicted octanol–water partition coefficient (Wildman–Crippen LogP) is 2.92. The molecule has 74 valence electrons. The van der Waals surface area contributed by atoms with E-state index in [-0.39, 0.29) is 6.61 Å². The van der Waals surface area contributed by atoms with Gasteiger partial charge in [0.15, 0.2) is 0 Å². The molecule has 1 heterocycles. The normalized spacial score (nSPS) is 11.1. The van der Waals surface area contributed by atoms with Gasteiger partial charge in [0.2, 0.25) is 0 Å². The molecule has 0 bridgehead atoms. The van der Waals surface area contributed by atoms with Crippen LogP contribution in [0.5, 0.6) is 0 Å². The zero-order valence-electron chi connectivity index (χ0n) is 8.00. The van der Waals surface area contributed by atoms with Crippen LogP contribution in [0.1, 0.15) is 12.6 Å². The third-order valence-electron chi connectivity index (χ3n) is 2.43. The van der Waals surface area contributed by atoms with Crippen molar-refractivity contribution in [2.24, 2.45) is 0 Å². The third-order valence-corrected chi connectivity index (χ3v) is 2.92. The van der Waals surface area contributed by atoms with Gasteiger partial charge in [0.1, 0.15) is 0 Å². The lowest BCUT2D eigenvalue weighted by atomic mass is 10.2. The maximum absolute atomic E-state index is 9.19.